The Bertz CT molecular complexity index is 1800. The van der Waals surface area contributed by atoms with Gasteiger partial charge in [-0.3, -0.25) is 4.18 Å². The van der Waals surface area contributed by atoms with Crippen LogP contribution in [0, 0.1) is 17.8 Å². The van der Waals surface area contributed by atoms with E-state index in [1.807, 2.05) is 53.7 Å². The number of hydrogen-bond acceptors (Lipinski definition) is 15. The van der Waals surface area contributed by atoms with Gasteiger partial charge in [0.1, 0.15) is 46.6 Å². The van der Waals surface area contributed by atoms with Crippen LogP contribution in [0.2, 0.25) is 0 Å². The van der Waals surface area contributed by atoms with Crippen LogP contribution in [-0.2, 0) is 42.7 Å². The number of hydrogen-bond donors (Lipinski definition) is 6. The molecule has 64 heavy (non-hydrogen) atoms. The minimum Gasteiger partial charge on any atom is -0.444 e. The highest BCUT2D eigenvalue weighted by molar-refractivity contribution is 7.86. The molecule has 14 atom stereocenters. The van der Waals surface area contributed by atoms with Crippen molar-refractivity contribution in [2.75, 3.05) is 13.2 Å². The normalized spacial score (nSPS) is 33.0. The fourth-order valence-electron chi connectivity index (χ4n) is 8.39. The molecule has 3 fully saturated rings. The van der Waals surface area contributed by atoms with E-state index in [2.05, 4.69) is 10.6 Å². The van der Waals surface area contributed by atoms with Crippen molar-refractivity contribution in [2.24, 2.45) is 17.8 Å². The van der Waals surface area contributed by atoms with Gasteiger partial charge in [-0.25, -0.2) is 9.59 Å². The third-order valence-electron chi connectivity index (χ3n) is 12.0. The second-order valence-electron chi connectivity index (χ2n) is 21.0. The Kier molecular flexibility index (Phi) is 18.2. The molecule has 6 N–H and O–H groups in total. The van der Waals surface area contributed by atoms with Gasteiger partial charge >= 0.3 is 12.2 Å². The molecule has 1 aliphatic carbocycles. The molecule has 0 spiro atoms. The minimum atomic E-state index is -4.40. The summed E-state index contributed by atoms with van der Waals surface area (Å²) in [5.41, 5.74) is 0.672. The SMILES string of the molecule is CC(C)c1cc(C(C)C)c(S(=O)(=O)OCC2O[C@H](O[C@@H]3C(O)C(O[C@H]4O[C@H](CNC(=O)OC(C)(C)C)C(O)C[C@H]4C)[C@@H](NC(=O)OC(C)(C)C)C[C@H]3C)C(O)[C@@H](C)[C@@H]2O)c(C(C)C)c1. The monoisotopic (exact) mass is 931 g/mol. The van der Waals surface area contributed by atoms with Crippen LogP contribution in [0.4, 0.5) is 9.59 Å². The number of rotatable bonds is 14. The van der Waals surface area contributed by atoms with Crippen LogP contribution in [0.3, 0.4) is 0 Å². The van der Waals surface area contributed by atoms with Gasteiger partial charge < -0.3 is 59.5 Å². The molecule has 0 radical (unpaired) electrons. The lowest BCUT2D eigenvalue weighted by Crippen LogP contribution is -2.64. The van der Waals surface area contributed by atoms with Crippen molar-refractivity contribution in [1.82, 2.24) is 10.6 Å². The van der Waals surface area contributed by atoms with Gasteiger partial charge in [0.2, 0.25) is 0 Å². The highest BCUT2D eigenvalue weighted by Crippen LogP contribution is 2.39. The zero-order valence-electron chi connectivity index (χ0n) is 40.5. The van der Waals surface area contributed by atoms with E-state index in [0.29, 0.717) is 11.1 Å². The summed E-state index contributed by atoms with van der Waals surface area (Å²) in [7, 11) is -4.40. The summed E-state index contributed by atoms with van der Waals surface area (Å²) < 4.78 is 70.0. The molecule has 1 aromatic carbocycles. The van der Waals surface area contributed by atoms with E-state index >= 15 is 0 Å². The topological polar surface area (TPSA) is 238 Å². The van der Waals surface area contributed by atoms with Gasteiger partial charge in [0, 0.05) is 18.4 Å². The number of nitrogens with one attached hydrogen (secondary N) is 2. The fourth-order valence-corrected chi connectivity index (χ4v) is 9.98. The number of aliphatic hydroxyl groups excluding tert-OH is 4. The third-order valence-corrected chi connectivity index (χ3v) is 13.4. The molecule has 4 rings (SSSR count). The van der Waals surface area contributed by atoms with Gasteiger partial charge in [0.05, 0.1) is 31.0 Å². The maximum atomic E-state index is 14.1. The lowest BCUT2D eigenvalue weighted by Gasteiger charge is -2.49. The largest absolute Gasteiger partial charge is 0.444 e. The Hall–Kier alpha value is -2.65. The third kappa shape index (κ3) is 14.0. The Balaban J connectivity index is 1.58. The Morgan fingerprint density at radius 2 is 1.25 bits per heavy atom. The van der Waals surface area contributed by atoms with Crippen LogP contribution in [0.15, 0.2) is 17.0 Å². The quantitative estimate of drug-likeness (QED) is 0.126. The molecule has 17 nitrogen and oxygen atoms in total. The standard InChI is InChI=1S/C46H78N2O15S/c1-22(2)28-18-29(23(3)4)40(30(19-28)24(5)6)64(55,56)57-21-34-35(50)27(9)36(51)42(59-34)60-38-25(7)16-31(48-44(54)63-46(13,14)15)39(37(38)52)61-41-26(8)17-32(49)33(58-41)20-47-43(53)62-45(10,11)12/h18-19,22-27,31-39,41-42,49-52H,16-17,20-21H2,1-15H3,(H,47,53)(H,48,54)/t25-,26-,27+,31+,32?,33-,34?,35+,36?,37?,38+,39?,41-,42-/m1/s1. The first-order chi connectivity index (χ1) is 29.4. The van der Waals surface area contributed by atoms with E-state index in [9.17, 15) is 38.4 Å². The van der Waals surface area contributed by atoms with Crippen LogP contribution in [0.25, 0.3) is 0 Å². The average Bonchev–Trinajstić information content (AvgIpc) is 3.15. The van der Waals surface area contributed by atoms with E-state index in [1.165, 1.54) is 0 Å². The first kappa shape index (κ1) is 54.0. The smallest absolute Gasteiger partial charge is 0.407 e. The summed E-state index contributed by atoms with van der Waals surface area (Å²) in [5.74, 6) is -1.92. The minimum absolute atomic E-state index is 0.0872. The maximum absolute atomic E-state index is 14.1. The molecule has 2 saturated heterocycles. The first-order valence-electron chi connectivity index (χ1n) is 22.8. The van der Waals surface area contributed by atoms with Crippen LogP contribution in [-0.4, -0.2) is 133 Å². The highest BCUT2D eigenvalue weighted by Gasteiger charge is 2.51. The molecule has 5 unspecified atom stereocenters. The zero-order chi connectivity index (χ0) is 48.4. The molecule has 18 heteroatoms. The van der Waals surface area contributed by atoms with Crippen LogP contribution >= 0.6 is 0 Å². The predicted octanol–water partition coefficient (Wildman–Crippen LogP) is 5.55. The van der Waals surface area contributed by atoms with Crippen molar-refractivity contribution in [3.8, 4) is 0 Å². The molecule has 2 amide bonds. The Morgan fingerprint density at radius 1 is 0.719 bits per heavy atom. The van der Waals surface area contributed by atoms with Gasteiger partial charge in [0.25, 0.3) is 10.1 Å². The number of amides is 2. The molecule has 2 aliphatic heterocycles. The van der Waals surface area contributed by atoms with Gasteiger partial charge in [-0.1, -0.05) is 74.4 Å². The van der Waals surface area contributed by atoms with E-state index < -0.39 is 125 Å². The summed E-state index contributed by atoms with van der Waals surface area (Å²) >= 11 is 0. The van der Waals surface area contributed by atoms with Gasteiger partial charge in [-0.05, 0) is 94.7 Å². The van der Waals surface area contributed by atoms with Crippen LogP contribution < -0.4 is 10.6 Å². The molecular formula is C46H78N2O15S. The van der Waals surface area contributed by atoms with Crippen molar-refractivity contribution in [3.63, 3.8) is 0 Å². The average molecular weight is 931 g/mol. The van der Waals surface area contributed by atoms with Crippen molar-refractivity contribution in [2.45, 2.75) is 218 Å². The Labute approximate surface area is 380 Å². The zero-order valence-corrected chi connectivity index (χ0v) is 41.3. The van der Waals surface area contributed by atoms with Crippen molar-refractivity contribution < 1.29 is 71.0 Å². The van der Waals surface area contributed by atoms with E-state index in [0.717, 1.165) is 5.56 Å². The van der Waals surface area contributed by atoms with Crippen molar-refractivity contribution >= 4 is 22.3 Å². The first-order valence-corrected chi connectivity index (χ1v) is 24.2. The van der Waals surface area contributed by atoms with Gasteiger partial charge in [-0.2, -0.15) is 8.42 Å². The number of alkyl carbamates (subject to hydrolysis) is 2. The second-order valence-corrected chi connectivity index (χ2v) is 22.5. The van der Waals surface area contributed by atoms with E-state index in [1.54, 1.807) is 62.3 Å². The van der Waals surface area contributed by atoms with Gasteiger partial charge in [-0.15, -0.1) is 0 Å². The van der Waals surface area contributed by atoms with E-state index in [-0.39, 0.29) is 42.0 Å². The lowest BCUT2D eigenvalue weighted by molar-refractivity contribution is -0.327. The number of aliphatic hydroxyl groups is 4. The summed E-state index contributed by atoms with van der Waals surface area (Å²) in [6, 6.07) is 2.96. The highest BCUT2D eigenvalue weighted by atomic mass is 32.2. The maximum Gasteiger partial charge on any atom is 0.407 e. The number of benzene rings is 1. The van der Waals surface area contributed by atoms with Crippen molar-refractivity contribution in [1.29, 1.82) is 0 Å². The van der Waals surface area contributed by atoms with E-state index in [4.69, 9.17) is 32.6 Å². The van der Waals surface area contributed by atoms with Crippen LogP contribution in [0.5, 0.6) is 0 Å². The molecule has 0 aromatic heterocycles. The molecule has 1 aromatic rings. The van der Waals surface area contributed by atoms with Gasteiger partial charge in [0.15, 0.2) is 12.6 Å². The molecular weight excluding hydrogens is 853 g/mol. The molecule has 1 saturated carbocycles. The molecule has 0 bridgehead atoms. The lowest BCUT2D eigenvalue weighted by atomic mass is 9.79. The summed E-state index contributed by atoms with van der Waals surface area (Å²) in [4.78, 5) is 25.7. The summed E-state index contributed by atoms with van der Waals surface area (Å²) in [6.45, 7) is 26.6. The number of ether oxygens (including phenoxy) is 6. The fraction of sp³-hybridized carbons (Fsp3) is 0.826. The van der Waals surface area contributed by atoms with Crippen molar-refractivity contribution in [3.05, 3.63) is 28.8 Å². The molecule has 368 valence electrons. The summed E-state index contributed by atoms with van der Waals surface area (Å²) in [6.07, 6.45) is -13.2. The second kappa shape index (κ2) is 21.5. The molecule has 2 heterocycles. The number of carbonyl (C=O) groups excluding carboxylic acids is 2. The Morgan fingerprint density at radius 3 is 1.78 bits per heavy atom. The van der Waals surface area contributed by atoms with Crippen LogP contribution in [0.1, 0.15) is 151 Å². The molecule has 3 aliphatic rings. The number of carbonyl (C=O) groups is 2. The summed E-state index contributed by atoms with van der Waals surface area (Å²) in [5, 5.41) is 51.2. The predicted molar refractivity (Wildman–Crippen MR) is 237 cm³/mol.